The molecule has 1 N–H and O–H groups in total. The molecule has 0 aliphatic carbocycles. The fraction of sp³-hybridized carbons (Fsp3) is 0.294. The van der Waals surface area contributed by atoms with Gasteiger partial charge in [-0.05, 0) is 43.7 Å². The van der Waals surface area contributed by atoms with E-state index in [0.717, 1.165) is 17.2 Å². The molecule has 1 atom stereocenters. The Balaban J connectivity index is 2.16. The van der Waals surface area contributed by atoms with E-state index in [1.807, 2.05) is 49.4 Å². The molecule has 0 amide bonds. The lowest BCUT2D eigenvalue weighted by Gasteiger charge is -2.18. The minimum atomic E-state index is 0.173. The summed E-state index contributed by atoms with van der Waals surface area (Å²) in [6.45, 7) is 4.77. The molecular weight excluding hydrogens is 250 g/mol. The number of hydrogen-bond acceptors (Lipinski definition) is 3. The zero-order chi connectivity index (χ0) is 14.4. The zero-order valence-corrected chi connectivity index (χ0v) is 12.2. The van der Waals surface area contributed by atoms with Gasteiger partial charge in [0.25, 0.3) is 0 Å². The van der Waals surface area contributed by atoms with Crippen molar-refractivity contribution in [3.05, 3.63) is 54.1 Å². The van der Waals surface area contributed by atoms with E-state index < -0.39 is 0 Å². The van der Waals surface area contributed by atoms with Crippen LogP contribution in [0.15, 0.2) is 48.5 Å². The van der Waals surface area contributed by atoms with E-state index >= 15 is 0 Å². The fourth-order valence-corrected chi connectivity index (χ4v) is 2.09. The summed E-state index contributed by atoms with van der Waals surface area (Å²) in [6, 6.07) is 16.2. The van der Waals surface area contributed by atoms with Crippen LogP contribution >= 0.6 is 0 Å². The predicted octanol–water partition coefficient (Wildman–Crippen LogP) is 4.27. The molecule has 2 aromatic rings. The van der Waals surface area contributed by atoms with Crippen LogP contribution in [0, 0.1) is 0 Å². The fourth-order valence-electron chi connectivity index (χ4n) is 2.09. The lowest BCUT2D eigenvalue weighted by molar-refractivity contribution is 0.341. The molecule has 3 nitrogen and oxygen atoms in total. The molecule has 0 saturated carbocycles. The molecule has 0 radical (unpaired) electrons. The van der Waals surface area contributed by atoms with Crippen LogP contribution in [0.5, 0.6) is 11.5 Å². The summed E-state index contributed by atoms with van der Waals surface area (Å²) < 4.78 is 10.9. The maximum absolute atomic E-state index is 5.63. The summed E-state index contributed by atoms with van der Waals surface area (Å²) in [5.41, 5.74) is 2.18. The van der Waals surface area contributed by atoms with E-state index in [-0.39, 0.29) is 6.04 Å². The highest BCUT2D eigenvalue weighted by Crippen LogP contribution is 2.29. The van der Waals surface area contributed by atoms with Gasteiger partial charge in [0.05, 0.1) is 19.4 Å². The molecule has 0 aromatic heterocycles. The van der Waals surface area contributed by atoms with Crippen molar-refractivity contribution in [1.29, 1.82) is 0 Å². The van der Waals surface area contributed by atoms with E-state index in [9.17, 15) is 0 Å². The third kappa shape index (κ3) is 3.44. The molecular formula is C17H21NO2. The molecule has 0 aliphatic rings. The number of para-hydroxylation sites is 2. The van der Waals surface area contributed by atoms with Gasteiger partial charge >= 0.3 is 0 Å². The number of nitrogens with one attached hydrogen (secondary N) is 1. The molecule has 0 heterocycles. The first-order chi connectivity index (χ1) is 9.74. The normalized spacial score (nSPS) is 11.8. The zero-order valence-electron chi connectivity index (χ0n) is 12.2. The first kappa shape index (κ1) is 14.3. The molecule has 0 spiro atoms. The molecule has 106 valence electrons. The number of benzene rings is 2. The highest BCUT2D eigenvalue weighted by Gasteiger charge is 2.09. The van der Waals surface area contributed by atoms with Crippen molar-refractivity contribution in [3.63, 3.8) is 0 Å². The highest BCUT2D eigenvalue weighted by molar-refractivity contribution is 5.57. The van der Waals surface area contributed by atoms with Crippen LogP contribution in [0.4, 0.5) is 5.69 Å². The van der Waals surface area contributed by atoms with Gasteiger partial charge in [-0.1, -0.05) is 24.3 Å². The third-order valence-electron chi connectivity index (χ3n) is 3.15. The van der Waals surface area contributed by atoms with Gasteiger partial charge in [0.2, 0.25) is 0 Å². The summed E-state index contributed by atoms with van der Waals surface area (Å²) in [7, 11) is 1.68. The Morgan fingerprint density at radius 3 is 2.65 bits per heavy atom. The second-order valence-electron chi connectivity index (χ2n) is 4.57. The van der Waals surface area contributed by atoms with Gasteiger partial charge in [-0.15, -0.1) is 0 Å². The van der Waals surface area contributed by atoms with Gasteiger partial charge < -0.3 is 14.8 Å². The van der Waals surface area contributed by atoms with E-state index in [4.69, 9.17) is 9.47 Å². The van der Waals surface area contributed by atoms with Crippen molar-refractivity contribution in [2.45, 2.75) is 19.9 Å². The van der Waals surface area contributed by atoms with Crippen molar-refractivity contribution >= 4 is 5.69 Å². The van der Waals surface area contributed by atoms with E-state index in [2.05, 4.69) is 18.3 Å². The van der Waals surface area contributed by atoms with Crippen LogP contribution in [0.25, 0.3) is 0 Å². The van der Waals surface area contributed by atoms with Gasteiger partial charge in [-0.3, -0.25) is 0 Å². The van der Waals surface area contributed by atoms with Crippen molar-refractivity contribution in [1.82, 2.24) is 0 Å². The smallest absolute Gasteiger partial charge is 0.142 e. The highest BCUT2D eigenvalue weighted by atomic mass is 16.5. The number of anilines is 1. The molecule has 0 saturated heterocycles. The standard InChI is InChI=1S/C17H21NO2/c1-4-20-17-11-6-5-10-16(17)18-13(2)14-8-7-9-15(12-14)19-3/h5-13,18H,4H2,1-3H3. The van der Waals surface area contributed by atoms with Crippen molar-refractivity contribution in [2.24, 2.45) is 0 Å². The largest absolute Gasteiger partial charge is 0.497 e. The molecule has 20 heavy (non-hydrogen) atoms. The van der Waals surface area contributed by atoms with Crippen LogP contribution in [0.3, 0.4) is 0 Å². The molecule has 1 unspecified atom stereocenters. The number of hydrogen-bond donors (Lipinski definition) is 1. The molecule has 0 fully saturated rings. The Morgan fingerprint density at radius 1 is 1.10 bits per heavy atom. The summed E-state index contributed by atoms with van der Waals surface area (Å²) in [5, 5.41) is 3.48. The average molecular weight is 271 g/mol. The second kappa shape index (κ2) is 6.85. The first-order valence-electron chi connectivity index (χ1n) is 6.87. The number of rotatable bonds is 6. The maximum atomic E-state index is 5.63. The minimum absolute atomic E-state index is 0.173. The van der Waals surface area contributed by atoms with Gasteiger partial charge in [0.1, 0.15) is 11.5 Å². The minimum Gasteiger partial charge on any atom is -0.497 e. The quantitative estimate of drug-likeness (QED) is 0.851. The summed E-state index contributed by atoms with van der Waals surface area (Å²) in [5.74, 6) is 1.75. The van der Waals surface area contributed by atoms with Crippen LogP contribution in [-0.2, 0) is 0 Å². The lowest BCUT2D eigenvalue weighted by atomic mass is 10.1. The van der Waals surface area contributed by atoms with Crippen molar-refractivity contribution < 1.29 is 9.47 Å². The molecule has 0 bridgehead atoms. The maximum Gasteiger partial charge on any atom is 0.142 e. The lowest BCUT2D eigenvalue weighted by Crippen LogP contribution is -2.08. The molecule has 2 aromatic carbocycles. The van der Waals surface area contributed by atoms with Gasteiger partial charge in [0.15, 0.2) is 0 Å². The topological polar surface area (TPSA) is 30.5 Å². The Morgan fingerprint density at radius 2 is 1.90 bits per heavy atom. The van der Waals surface area contributed by atoms with Crippen LogP contribution < -0.4 is 14.8 Å². The predicted molar refractivity (Wildman–Crippen MR) is 82.6 cm³/mol. The molecule has 2 rings (SSSR count). The average Bonchev–Trinajstić information content (AvgIpc) is 2.49. The summed E-state index contributed by atoms with van der Waals surface area (Å²) >= 11 is 0. The summed E-state index contributed by atoms with van der Waals surface area (Å²) in [6.07, 6.45) is 0. The Labute approximate surface area is 120 Å². The SMILES string of the molecule is CCOc1ccccc1NC(C)c1cccc(OC)c1. The monoisotopic (exact) mass is 271 g/mol. The van der Waals surface area contributed by atoms with E-state index in [1.54, 1.807) is 7.11 Å². The van der Waals surface area contributed by atoms with Gasteiger partial charge in [0, 0.05) is 6.04 Å². The van der Waals surface area contributed by atoms with Gasteiger partial charge in [-0.2, -0.15) is 0 Å². The summed E-state index contributed by atoms with van der Waals surface area (Å²) in [4.78, 5) is 0. The van der Waals surface area contributed by atoms with Crippen molar-refractivity contribution in [2.75, 3.05) is 19.0 Å². The Bertz CT molecular complexity index is 554. The van der Waals surface area contributed by atoms with E-state index in [1.165, 1.54) is 5.56 Å². The number of methoxy groups -OCH3 is 1. The molecule has 3 heteroatoms. The van der Waals surface area contributed by atoms with Crippen LogP contribution in [0.2, 0.25) is 0 Å². The van der Waals surface area contributed by atoms with E-state index in [0.29, 0.717) is 6.61 Å². The van der Waals surface area contributed by atoms with Crippen LogP contribution in [-0.4, -0.2) is 13.7 Å². The van der Waals surface area contributed by atoms with Crippen molar-refractivity contribution in [3.8, 4) is 11.5 Å². The first-order valence-corrected chi connectivity index (χ1v) is 6.87. The van der Waals surface area contributed by atoms with Crippen LogP contribution in [0.1, 0.15) is 25.5 Å². The number of ether oxygens (including phenoxy) is 2. The second-order valence-corrected chi connectivity index (χ2v) is 4.57. The Hall–Kier alpha value is -2.16. The third-order valence-corrected chi connectivity index (χ3v) is 3.15. The Kier molecular flexibility index (Phi) is 4.88. The molecule has 0 aliphatic heterocycles. The van der Waals surface area contributed by atoms with Gasteiger partial charge in [-0.25, -0.2) is 0 Å².